The maximum Gasteiger partial charge on any atom is 0.241 e. The molecule has 0 saturated heterocycles. The van der Waals surface area contributed by atoms with Gasteiger partial charge in [0.25, 0.3) is 0 Å². The fourth-order valence-electron chi connectivity index (χ4n) is 2.71. The minimum Gasteiger partial charge on any atom is -0.377 e. The molecule has 0 amide bonds. The molecule has 0 spiro atoms. The third-order valence-corrected chi connectivity index (χ3v) is 5.64. The van der Waals surface area contributed by atoms with Crippen LogP contribution in [0.3, 0.4) is 0 Å². The highest BCUT2D eigenvalue weighted by molar-refractivity contribution is 7.89. The average molecular weight is 382 g/mol. The molecule has 1 atom stereocenters. The van der Waals surface area contributed by atoms with Crippen LogP contribution < -0.4 is 4.72 Å². The lowest BCUT2D eigenvalue weighted by Gasteiger charge is -2.23. The molecule has 132 valence electrons. The lowest BCUT2D eigenvalue weighted by molar-refractivity contribution is 0.177. The molecule has 0 unspecified atom stereocenters. The van der Waals surface area contributed by atoms with E-state index in [1.807, 2.05) is 6.07 Å². The van der Waals surface area contributed by atoms with Crippen molar-refractivity contribution in [2.24, 2.45) is 0 Å². The van der Waals surface area contributed by atoms with Gasteiger partial charge in [-0.25, -0.2) is 22.8 Å². The summed E-state index contributed by atoms with van der Waals surface area (Å²) in [6.45, 7) is 0.956. The fraction of sp³-hybridized carbons (Fsp3) is 0.400. The van der Waals surface area contributed by atoms with E-state index in [-0.39, 0.29) is 22.1 Å². The molecule has 1 aromatic heterocycles. The van der Waals surface area contributed by atoms with E-state index >= 15 is 0 Å². The highest BCUT2D eigenvalue weighted by atomic mass is 35.5. The van der Waals surface area contributed by atoms with E-state index in [0.717, 1.165) is 6.42 Å². The van der Waals surface area contributed by atoms with Crippen molar-refractivity contribution in [3.8, 4) is 6.07 Å². The number of benzene rings is 1. The minimum absolute atomic E-state index is 0.00486. The molecule has 1 aromatic carbocycles. The molecule has 0 radical (unpaired) electrons. The van der Waals surface area contributed by atoms with E-state index in [9.17, 15) is 8.42 Å². The second-order valence-electron chi connectivity index (χ2n) is 5.61. The summed E-state index contributed by atoms with van der Waals surface area (Å²) in [5.74, 6) is 1.09. The van der Waals surface area contributed by atoms with Crippen LogP contribution in [0.1, 0.15) is 36.1 Å². The molecule has 8 nitrogen and oxygen atoms in total. The van der Waals surface area contributed by atoms with Gasteiger partial charge in [0, 0.05) is 13.7 Å². The van der Waals surface area contributed by atoms with Crippen LogP contribution in [-0.4, -0.2) is 30.3 Å². The standard InChI is InChI=1S/C15H16ClN5O3S/c1-24-9-14-18-15-13(3-2-6-21(15)19-14)20-25(22,23)11-5-4-10(8-17)12(16)7-11/h4-5,7,13,20H,2-3,6,9H2,1H3/t13-/m1/s1. The Morgan fingerprint density at radius 1 is 1.52 bits per heavy atom. The second kappa shape index (κ2) is 7.09. The summed E-state index contributed by atoms with van der Waals surface area (Å²) in [5, 5.41) is 13.3. The molecule has 0 saturated carbocycles. The Balaban J connectivity index is 1.87. The number of aryl methyl sites for hydroxylation is 1. The smallest absolute Gasteiger partial charge is 0.241 e. The van der Waals surface area contributed by atoms with Gasteiger partial charge in [0.05, 0.1) is 21.5 Å². The Kier molecular flexibility index (Phi) is 5.06. The molecule has 1 aliphatic heterocycles. The zero-order chi connectivity index (χ0) is 18.0. The lowest BCUT2D eigenvalue weighted by atomic mass is 10.1. The third kappa shape index (κ3) is 3.67. The Labute approximate surface area is 150 Å². The number of nitriles is 1. The van der Waals surface area contributed by atoms with E-state index in [2.05, 4.69) is 14.8 Å². The number of hydrogen-bond acceptors (Lipinski definition) is 6. The van der Waals surface area contributed by atoms with Gasteiger partial charge >= 0.3 is 0 Å². The minimum atomic E-state index is -3.81. The van der Waals surface area contributed by atoms with Gasteiger partial charge in [0.15, 0.2) is 5.82 Å². The van der Waals surface area contributed by atoms with Crippen molar-refractivity contribution in [2.75, 3.05) is 7.11 Å². The van der Waals surface area contributed by atoms with Gasteiger partial charge in [0.1, 0.15) is 18.5 Å². The highest BCUT2D eigenvalue weighted by Crippen LogP contribution is 2.27. The zero-order valence-corrected chi connectivity index (χ0v) is 15.0. The zero-order valence-electron chi connectivity index (χ0n) is 13.4. The largest absolute Gasteiger partial charge is 0.377 e. The average Bonchev–Trinajstić information content (AvgIpc) is 2.98. The monoisotopic (exact) mass is 381 g/mol. The molecule has 0 fully saturated rings. The number of rotatable bonds is 5. The first-order valence-corrected chi connectivity index (χ1v) is 9.45. The van der Waals surface area contributed by atoms with Gasteiger partial charge in [-0.05, 0) is 31.0 Å². The lowest BCUT2D eigenvalue weighted by Crippen LogP contribution is -2.33. The number of hydrogen-bond donors (Lipinski definition) is 1. The molecule has 2 heterocycles. The predicted octanol–water partition coefficient (Wildman–Crippen LogP) is 1.76. The first-order valence-electron chi connectivity index (χ1n) is 7.59. The maximum atomic E-state index is 12.7. The van der Waals surface area contributed by atoms with Crippen LogP contribution in [0, 0.1) is 11.3 Å². The van der Waals surface area contributed by atoms with Gasteiger partial charge in [0.2, 0.25) is 10.0 Å². The number of methoxy groups -OCH3 is 1. The molecule has 25 heavy (non-hydrogen) atoms. The summed E-state index contributed by atoms with van der Waals surface area (Å²) in [6, 6.07) is 5.44. The van der Waals surface area contributed by atoms with Crippen LogP contribution in [0.5, 0.6) is 0 Å². The van der Waals surface area contributed by atoms with E-state index in [4.69, 9.17) is 21.6 Å². The first-order chi connectivity index (χ1) is 11.9. The van der Waals surface area contributed by atoms with Crippen LogP contribution in [0.2, 0.25) is 5.02 Å². The second-order valence-corrected chi connectivity index (χ2v) is 7.73. The Hall–Kier alpha value is -1.99. The third-order valence-electron chi connectivity index (χ3n) is 3.86. The highest BCUT2D eigenvalue weighted by Gasteiger charge is 2.29. The van der Waals surface area contributed by atoms with E-state index in [0.29, 0.717) is 24.6 Å². The van der Waals surface area contributed by atoms with Crippen LogP contribution in [0.4, 0.5) is 0 Å². The topological polar surface area (TPSA) is 110 Å². The molecule has 1 N–H and O–H groups in total. The molecule has 3 rings (SSSR count). The number of aromatic nitrogens is 3. The van der Waals surface area contributed by atoms with Crippen molar-refractivity contribution in [3.63, 3.8) is 0 Å². The summed E-state index contributed by atoms with van der Waals surface area (Å²) in [4.78, 5) is 4.38. The van der Waals surface area contributed by atoms with Gasteiger partial charge in [-0.1, -0.05) is 11.6 Å². The molecular weight excluding hydrogens is 366 g/mol. The maximum absolute atomic E-state index is 12.7. The summed E-state index contributed by atoms with van der Waals surface area (Å²) in [6.07, 6.45) is 1.40. The van der Waals surface area contributed by atoms with E-state index in [1.54, 1.807) is 11.8 Å². The van der Waals surface area contributed by atoms with Gasteiger partial charge in [-0.3, -0.25) is 0 Å². The normalized spacial score (nSPS) is 17.1. The summed E-state index contributed by atoms with van der Waals surface area (Å²) in [7, 11) is -2.26. The number of nitrogens with one attached hydrogen (secondary N) is 1. The number of fused-ring (bicyclic) bond motifs is 1. The molecule has 10 heteroatoms. The van der Waals surface area contributed by atoms with Crippen LogP contribution in [0.15, 0.2) is 23.1 Å². The Morgan fingerprint density at radius 2 is 2.32 bits per heavy atom. The van der Waals surface area contributed by atoms with E-state index < -0.39 is 16.1 Å². The van der Waals surface area contributed by atoms with Gasteiger partial charge in [-0.2, -0.15) is 10.4 Å². The van der Waals surface area contributed by atoms with Crippen molar-refractivity contribution in [1.82, 2.24) is 19.5 Å². The molecule has 0 bridgehead atoms. The number of nitrogens with zero attached hydrogens (tertiary/aromatic N) is 4. The van der Waals surface area contributed by atoms with Crippen LogP contribution in [0.25, 0.3) is 0 Å². The summed E-state index contributed by atoms with van der Waals surface area (Å²) in [5.41, 5.74) is 0.224. The van der Waals surface area contributed by atoms with Gasteiger partial charge in [-0.15, -0.1) is 0 Å². The van der Waals surface area contributed by atoms with Crippen molar-refractivity contribution in [1.29, 1.82) is 5.26 Å². The van der Waals surface area contributed by atoms with Crippen LogP contribution in [-0.2, 0) is 27.9 Å². The Bertz CT molecular complexity index is 935. The number of ether oxygens (including phenoxy) is 1. The van der Waals surface area contributed by atoms with E-state index in [1.165, 1.54) is 18.2 Å². The summed E-state index contributed by atoms with van der Waals surface area (Å²) < 4.78 is 34.7. The Morgan fingerprint density at radius 3 is 3.00 bits per heavy atom. The first kappa shape index (κ1) is 17.8. The molecule has 2 aromatic rings. The van der Waals surface area contributed by atoms with Crippen molar-refractivity contribution < 1.29 is 13.2 Å². The molecular formula is C15H16ClN5O3S. The number of sulfonamides is 1. The number of halogens is 1. The van der Waals surface area contributed by atoms with Crippen LogP contribution >= 0.6 is 11.6 Å². The molecule has 1 aliphatic rings. The SMILES string of the molecule is COCc1nc2n(n1)CCC[C@H]2NS(=O)(=O)c1ccc(C#N)c(Cl)c1. The summed E-state index contributed by atoms with van der Waals surface area (Å²) >= 11 is 5.94. The van der Waals surface area contributed by atoms with Gasteiger partial charge < -0.3 is 4.74 Å². The van der Waals surface area contributed by atoms with Crippen molar-refractivity contribution in [2.45, 2.75) is 36.9 Å². The quantitative estimate of drug-likeness (QED) is 0.845. The van der Waals surface area contributed by atoms with Crippen molar-refractivity contribution >= 4 is 21.6 Å². The predicted molar refractivity (Wildman–Crippen MR) is 89.2 cm³/mol. The molecule has 0 aliphatic carbocycles. The fourth-order valence-corrected chi connectivity index (χ4v) is 4.25. The van der Waals surface area contributed by atoms with Crippen molar-refractivity contribution in [3.05, 3.63) is 40.4 Å².